The summed E-state index contributed by atoms with van der Waals surface area (Å²) in [7, 11) is 0. The zero-order valence-corrected chi connectivity index (χ0v) is 10.2. The van der Waals surface area contributed by atoms with Crippen molar-refractivity contribution in [1.82, 2.24) is 10.3 Å². The fraction of sp³-hybridized carbons (Fsp3) is 0.0769. The maximum atomic E-state index is 11.8. The van der Waals surface area contributed by atoms with E-state index in [0.29, 0.717) is 11.6 Å². The monoisotopic (exact) mass is 262 g/mol. The molecule has 0 aliphatic heterocycles. The molecule has 1 aromatic heterocycles. The van der Waals surface area contributed by atoms with Gasteiger partial charge in [-0.15, -0.1) is 0 Å². The first-order valence-electron chi connectivity index (χ1n) is 5.32. The quantitative estimate of drug-likeness (QED) is 0.893. The molecule has 0 spiro atoms. The maximum Gasteiger partial charge on any atom is 0.255 e. The van der Waals surface area contributed by atoms with E-state index in [1.807, 2.05) is 0 Å². The molecule has 2 aromatic rings. The zero-order valence-electron chi connectivity index (χ0n) is 9.43. The van der Waals surface area contributed by atoms with Crippen LogP contribution in [0.1, 0.15) is 15.9 Å². The average molecular weight is 263 g/mol. The first-order chi connectivity index (χ1) is 8.66. The Hall–Kier alpha value is -2.07. The van der Waals surface area contributed by atoms with E-state index >= 15 is 0 Å². The predicted octanol–water partition coefficient (Wildman–Crippen LogP) is 2.37. The van der Waals surface area contributed by atoms with Gasteiger partial charge in [0.1, 0.15) is 5.75 Å². The van der Waals surface area contributed by atoms with Crippen LogP contribution in [0.5, 0.6) is 5.75 Å². The molecule has 0 aliphatic rings. The highest BCUT2D eigenvalue weighted by atomic mass is 35.5. The van der Waals surface area contributed by atoms with Crippen molar-refractivity contribution in [3.8, 4) is 5.75 Å². The summed E-state index contributed by atoms with van der Waals surface area (Å²) in [5.74, 6) is -0.460. The van der Waals surface area contributed by atoms with Crippen LogP contribution in [0.2, 0.25) is 5.02 Å². The standard InChI is InChI=1S/C13H11ClN2O2/c14-10-1-2-12(17)11(7-10)13(18)16-8-9-3-5-15-6-4-9/h1-7,17H,8H2,(H,16,18). The lowest BCUT2D eigenvalue weighted by Crippen LogP contribution is -2.22. The summed E-state index contributed by atoms with van der Waals surface area (Å²) in [5.41, 5.74) is 1.09. The van der Waals surface area contributed by atoms with E-state index in [-0.39, 0.29) is 17.2 Å². The van der Waals surface area contributed by atoms with Crippen LogP contribution in [-0.4, -0.2) is 16.0 Å². The number of halogens is 1. The fourth-order valence-corrected chi connectivity index (χ4v) is 1.64. The number of amides is 1. The van der Waals surface area contributed by atoms with Crippen molar-refractivity contribution < 1.29 is 9.90 Å². The van der Waals surface area contributed by atoms with E-state index in [0.717, 1.165) is 5.56 Å². The Labute approximate surface area is 109 Å². The summed E-state index contributed by atoms with van der Waals surface area (Å²) in [4.78, 5) is 15.7. The minimum Gasteiger partial charge on any atom is -0.507 e. The number of benzene rings is 1. The smallest absolute Gasteiger partial charge is 0.255 e. The molecule has 0 aliphatic carbocycles. The van der Waals surface area contributed by atoms with Crippen LogP contribution in [0.3, 0.4) is 0 Å². The van der Waals surface area contributed by atoms with Crippen molar-refractivity contribution in [3.05, 3.63) is 58.9 Å². The number of rotatable bonds is 3. The van der Waals surface area contributed by atoms with Crippen LogP contribution in [0.4, 0.5) is 0 Å². The number of hydrogen-bond donors (Lipinski definition) is 2. The molecule has 0 saturated carbocycles. The Morgan fingerprint density at radius 2 is 2.00 bits per heavy atom. The lowest BCUT2D eigenvalue weighted by atomic mass is 10.2. The second-order valence-electron chi connectivity index (χ2n) is 3.70. The van der Waals surface area contributed by atoms with Crippen LogP contribution in [-0.2, 0) is 6.54 Å². The van der Waals surface area contributed by atoms with Crippen molar-refractivity contribution in [3.63, 3.8) is 0 Å². The van der Waals surface area contributed by atoms with Crippen molar-refractivity contribution in [2.45, 2.75) is 6.54 Å². The van der Waals surface area contributed by atoms with E-state index in [2.05, 4.69) is 10.3 Å². The molecule has 1 aromatic carbocycles. The number of pyridine rings is 1. The molecule has 1 heterocycles. The number of phenolic OH excluding ortho intramolecular Hbond substituents is 1. The molecular weight excluding hydrogens is 252 g/mol. The number of hydrogen-bond acceptors (Lipinski definition) is 3. The summed E-state index contributed by atoms with van der Waals surface area (Å²) in [6.45, 7) is 0.368. The van der Waals surface area contributed by atoms with E-state index in [1.165, 1.54) is 18.2 Å². The molecule has 0 bridgehead atoms. The highest BCUT2D eigenvalue weighted by Crippen LogP contribution is 2.21. The third-order valence-corrected chi connectivity index (χ3v) is 2.64. The number of aromatic nitrogens is 1. The second-order valence-corrected chi connectivity index (χ2v) is 4.14. The normalized spacial score (nSPS) is 10.1. The van der Waals surface area contributed by atoms with E-state index in [9.17, 15) is 9.90 Å². The summed E-state index contributed by atoms with van der Waals surface area (Å²) in [6.07, 6.45) is 3.30. The lowest BCUT2D eigenvalue weighted by Gasteiger charge is -2.07. The molecule has 4 nitrogen and oxygen atoms in total. The topological polar surface area (TPSA) is 62.2 Å². The summed E-state index contributed by atoms with van der Waals surface area (Å²) in [6, 6.07) is 7.95. The molecule has 1 amide bonds. The van der Waals surface area contributed by atoms with Crippen LogP contribution >= 0.6 is 11.6 Å². The van der Waals surface area contributed by atoms with Gasteiger partial charge in [0.25, 0.3) is 5.91 Å². The van der Waals surface area contributed by atoms with Gasteiger partial charge in [-0.05, 0) is 35.9 Å². The largest absolute Gasteiger partial charge is 0.507 e. The first-order valence-corrected chi connectivity index (χ1v) is 5.70. The second kappa shape index (κ2) is 5.51. The van der Waals surface area contributed by atoms with Gasteiger partial charge in [0.2, 0.25) is 0 Å². The molecule has 92 valence electrons. The van der Waals surface area contributed by atoms with Gasteiger partial charge in [0.15, 0.2) is 0 Å². The Balaban J connectivity index is 2.06. The van der Waals surface area contributed by atoms with Crippen molar-refractivity contribution in [1.29, 1.82) is 0 Å². The third-order valence-electron chi connectivity index (χ3n) is 2.41. The van der Waals surface area contributed by atoms with Crippen LogP contribution in [0.15, 0.2) is 42.7 Å². The van der Waals surface area contributed by atoms with Gasteiger partial charge in [-0.25, -0.2) is 0 Å². The minimum absolute atomic E-state index is 0.0911. The molecule has 2 N–H and O–H groups in total. The van der Waals surface area contributed by atoms with Crippen molar-refractivity contribution in [2.24, 2.45) is 0 Å². The average Bonchev–Trinajstić information content (AvgIpc) is 2.40. The molecule has 0 saturated heterocycles. The van der Waals surface area contributed by atoms with E-state index < -0.39 is 0 Å². The molecule has 0 fully saturated rings. The number of carbonyl (C=O) groups is 1. The summed E-state index contributed by atoms with van der Waals surface area (Å²) >= 11 is 5.78. The summed E-state index contributed by atoms with van der Waals surface area (Å²) < 4.78 is 0. The van der Waals surface area contributed by atoms with Crippen LogP contribution in [0, 0.1) is 0 Å². The molecular formula is C13H11ClN2O2. The molecule has 0 atom stereocenters. The molecule has 0 radical (unpaired) electrons. The number of aromatic hydroxyl groups is 1. The van der Waals surface area contributed by atoms with Crippen LogP contribution < -0.4 is 5.32 Å². The van der Waals surface area contributed by atoms with Crippen LogP contribution in [0.25, 0.3) is 0 Å². The van der Waals surface area contributed by atoms with Gasteiger partial charge >= 0.3 is 0 Å². The minimum atomic E-state index is -0.369. The Kier molecular flexibility index (Phi) is 3.79. The fourth-order valence-electron chi connectivity index (χ4n) is 1.47. The van der Waals surface area contributed by atoms with Gasteiger partial charge in [0, 0.05) is 24.0 Å². The SMILES string of the molecule is O=C(NCc1ccncc1)c1cc(Cl)ccc1O. The lowest BCUT2D eigenvalue weighted by molar-refractivity contribution is 0.0948. The molecule has 0 unspecified atom stereocenters. The van der Waals surface area contributed by atoms with Gasteiger partial charge in [-0.3, -0.25) is 9.78 Å². The summed E-state index contributed by atoms with van der Waals surface area (Å²) in [5, 5.41) is 12.7. The molecule has 5 heteroatoms. The molecule has 2 rings (SSSR count). The number of nitrogens with one attached hydrogen (secondary N) is 1. The zero-order chi connectivity index (χ0) is 13.0. The highest BCUT2D eigenvalue weighted by Gasteiger charge is 2.11. The first kappa shape index (κ1) is 12.4. The Morgan fingerprint density at radius 1 is 1.28 bits per heavy atom. The van der Waals surface area contributed by atoms with E-state index in [4.69, 9.17) is 11.6 Å². The van der Waals surface area contributed by atoms with Crippen molar-refractivity contribution in [2.75, 3.05) is 0 Å². The number of carbonyl (C=O) groups excluding carboxylic acids is 1. The van der Waals surface area contributed by atoms with Gasteiger partial charge in [0.05, 0.1) is 5.56 Å². The maximum absolute atomic E-state index is 11.8. The Bertz CT molecular complexity index is 558. The number of phenols is 1. The molecule has 18 heavy (non-hydrogen) atoms. The van der Waals surface area contributed by atoms with Gasteiger partial charge in [-0.1, -0.05) is 11.6 Å². The highest BCUT2D eigenvalue weighted by molar-refractivity contribution is 6.31. The third kappa shape index (κ3) is 2.99. The van der Waals surface area contributed by atoms with E-state index in [1.54, 1.807) is 24.5 Å². The Morgan fingerprint density at radius 3 is 2.72 bits per heavy atom. The number of nitrogens with zero attached hydrogens (tertiary/aromatic N) is 1. The van der Waals surface area contributed by atoms with Crippen molar-refractivity contribution >= 4 is 17.5 Å². The predicted molar refractivity (Wildman–Crippen MR) is 68.5 cm³/mol. The van der Waals surface area contributed by atoms with Gasteiger partial charge in [-0.2, -0.15) is 0 Å². The van der Waals surface area contributed by atoms with Gasteiger partial charge < -0.3 is 10.4 Å².